The van der Waals surface area contributed by atoms with Crippen molar-refractivity contribution in [3.05, 3.63) is 59.8 Å². The highest BCUT2D eigenvalue weighted by atomic mass is 16.7. The fourth-order valence-electron chi connectivity index (χ4n) is 3.58. The van der Waals surface area contributed by atoms with E-state index in [0.29, 0.717) is 6.42 Å². The maximum Gasteiger partial charge on any atom is 0.231 e. The minimum absolute atomic E-state index is 0.0581. The van der Waals surface area contributed by atoms with Gasteiger partial charge in [-0.3, -0.25) is 4.79 Å². The largest absolute Gasteiger partial charge is 0.454 e. The minimum atomic E-state index is -0.0581. The number of ether oxygens (including phenoxy) is 2. The van der Waals surface area contributed by atoms with Crippen LogP contribution in [0, 0.1) is 0 Å². The highest BCUT2D eigenvalue weighted by Gasteiger charge is 2.24. The van der Waals surface area contributed by atoms with Crippen LogP contribution >= 0.6 is 0 Å². The van der Waals surface area contributed by atoms with Crippen LogP contribution in [0.3, 0.4) is 0 Å². The van der Waals surface area contributed by atoms with Gasteiger partial charge in [0, 0.05) is 36.0 Å². The molecule has 5 heteroatoms. The van der Waals surface area contributed by atoms with Crippen molar-refractivity contribution in [2.75, 3.05) is 13.3 Å². The molecule has 1 amide bonds. The molecule has 0 aliphatic carbocycles. The number of carbonyl (C=O) groups excluding carboxylic acids is 1. The lowest BCUT2D eigenvalue weighted by atomic mass is 9.87. The summed E-state index contributed by atoms with van der Waals surface area (Å²) in [5.74, 6) is 1.50. The summed E-state index contributed by atoms with van der Waals surface area (Å²) in [6.45, 7) is 3.08. The number of carbonyl (C=O) groups is 1. The first-order valence-corrected chi connectivity index (χ1v) is 9.48. The molecule has 1 unspecified atom stereocenters. The fraction of sp³-hybridized carbons (Fsp3) is 0.318. The first-order chi connectivity index (χ1) is 13.3. The van der Waals surface area contributed by atoms with Crippen LogP contribution in [0.15, 0.2) is 48.7 Å². The Morgan fingerprint density at radius 1 is 1.19 bits per heavy atom. The number of unbranched alkanes of at least 4 members (excludes halogenated alkanes) is 1. The molecule has 1 aliphatic heterocycles. The van der Waals surface area contributed by atoms with Crippen molar-refractivity contribution < 1.29 is 14.3 Å². The number of amides is 1. The quantitative estimate of drug-likeness (QED) is 0.613. The van der Waals surface area contributed by atoms with Crippen LogP contribution in [0.1, 0.15) is 43.2 Å². The monoisotopic (exact) mass is 364 g/mol. The van der Waals surface area contributed by atoms with E-state index in [9.17, 15) is 4.79 Å². The molecule has 0 spiro atoms. The lowest BCUT2D eigenvalue weighted by Gasteiger charge is -2.18. The van der Waals surface area contributed by atoms with Gasteiger partial charge < -0.3 is 19.8 Å². The summed E-state index contributed by atoms with van der Waals surface area (Å²) in [6.07, 6.45) is 4.46. The first kappa shape index (κ1) is 17.5. The molecule has 2 aromatic carbocycles. The maximum atomic E-state index is 12.6. The predicted molar refractivity (Wildman–Crippen MR) is 105 cm³/mol. The topological polar surface area (TPSA) is 63.4 Å². The molecule has 2 heterocycles. The number of H-pyrrole nitrogens is 1. The van der Waals surface area contributed by atoms with Crippen LogP contribution in [0.25, 0.3) is 10.9 Å². The van der Waals surface area contributed by atoms with Gasteiger partial charge >= 0.3 is 0 Å². The summed E-state index contributed by atoms with van der Waals surface area (Å²) in [5, 5.41) is 4.18. The van der Waals surface area contributed by atoms with E-state index in [2.05, 4.69) is 29.4 Å². The van der Waals surface area contributed by atoms with E-state index in [0.717, 1.165) is 52.9 Å². The van der Waals surface area contributed by atoms with E-state index in [1.54, 1.807) is 0 Å². The molecule has 140 valence electrons. The molecule has 0 saturated heterocycles. The highest BCUT2D eigenvalue weighted by Crippen LogP contribution is 2.39. The summed E-state index contributed by atoms with van der Waals surface area (Å²) in [7, 11) is 0. The molecule has 1 aromatic heterocycles. The van der Waals surface area contributed by atoms with Gasteiger partial charge in [0.2, 0.25) is 12.7 Å². The highest BCUT2D eigenvalue weighted by molar-refractivity contribution is 5.86. The van der Waals surface area contributed by atoms with Crippen molar-refractivity contribution in [2.45, 2.75) is 32.1 Å². The van der Waals surface area contributed by atoms with Gasteiger partial charge in [0.15, 0.2) is 11.5 Å². The Labute approximate surface area is 158 Å². The Morgan fingerprint density at radius 3 is 2.93 bits per heavy atom. The molecule has 27 heavy (non-hydrogen) atoms. The van der Waals surface area contributed by atoms with Crippen molar-refractivity contribution in [3.63, 3.8) is 0 Å². The van der Waals surface area contributed by atoms with E-state index < -0.39 is 0 Å². The molecule has 4 rings (SSSR count). The smallest absolute Gasteiger partial charge is 0.231 e. The molecular weight excluding hydrogens is 340 g/mol. The number of fused-ring (bicyclic) bond motifs is 2. The summed E-state index contributed by atoms with van der Waals surface area (Å²) >= 11 is 0. The first-order valence-electron chi connectivity index (χ1n) is 9.48. The Balaban J connectivity index is 1.68. The second kappa shape index (κ2) is 7.74. The van der Waals surface area contributed by atoms with Gasteiger partial charge in [-0.15, -0.1) is 0 Å². The number of rotatable bonds is 7. The van der Waals surface area contributed by atoms with Gasteiger partial charge in [-0.05, 0) is 35.7 Å². The summed E-state index contributed by atoms with van der Waals surface area (Å²) in [4.78, 5) is 15.9. The van der Waals surface area contributed by atoms with Gasteiger partial charge in [0.25, 0.3) is 0 Å². The van der Waals surface area contributed by atoms with Crippen molar-refractivity contribution in [1.29, 1.82) is 0 Å². The molecule has 1 aliphatic rings. The summed E-state index contributed by atoms with van der Waals surface area (Å²) in [6, 6.07) is 14.1. The third-order valence-electron chi connectivity index (χ3n) is 5.04. The summed E-state index contributed by atoms with van der Waals surface area (Å²) < 4.78 is 11.0. The van der Waals surface area contributed by atoms with Gasteiger partial charge in [-0.1, -0.05) is 37.6 Å². The number of para-hydroxylation sites is 1. The summed E-state index contributed by atoms with van der Waals surface area (Å²) in [5.41, 5.74) is 3.24. The Hall–Kier alpha value is -2.95. The minimum Gasteiger partial charge on any atom is -0.454 e. The SMILES string of the molecule is CCCCNC(=O)CC(c1ccc2c(c1)OCO2)c1c[nH]c2ccccc12. The molecule has 5 nitrogen and oxygen atoms in total. The molecular formula is C22H24N2O3. The zero-order valence-corrected chi connectivity index (χ0v) is 15.5. The van der Waals surface area contributed by atoms with Crippen molar-refractivity contribution in [3.8, 4) is 11.5 Å². The predicted octanol–water partition coefficient (Wildman–Crippen LogP) is 4.33. The normalized spacial score (nSPS) is 13.7. The zero-order chi connectivity index (χ0) is 18.6. The van der Waals surface area contributed by atoms with Crippen LogP contribution in [-0.2, 0) is 4.79 Å². The maximum absolute atomic E-state index is 12.6. The Morgan fingerprint density at radius 2 is 2.04 bits per heavy atom. The van der Waals surface area contributed by atoms with Crippen LogP contribution < -0.4 is 14.8 Å². The molecule has 0 saturated carbocycles. The molecule has 3 aromatic rings. The number of aromatic nitrogens is 1. The van der Waals surface area contributed by atoms with Crippen LogP contribution in [0.2, 0.25) is 0 Å². The molecule has 0 fully saturated rings. The Kier molecular flexibility index (Phi) is 5.01. The van der Waals surface area contributed by atoms with E-state index in [-0.39, 0.29) is 18.6 Å². The van der Waals surface area contributed by atoms with Gasteiger partial charge in [-0.25, -0.2) is 0 Å². The third-order valence-corrected chi connectivity index (χ3v) is 5.04. The van der Waals surface area contributed by atoms with E-state index in [1.165, 1.54) is 0 Å². The van der Waals surface area contributed by atoms with Crippen molar-refractivity contribution >= 4 is 16.8 Å². The third kappa shape index (κ3) is 3.63. The number of nitrogens with one attached hydrogen (secondary N) is 2. The van der Waals surface area contributed by atoms with Crippen LogP contribution in [-0.4, -0.2) is 24.2 Å². The van der Waals surface area contributed by atoms with Crippen molar-refractivity contribution in [1.82, 2.24) is 10.3 Å². The number of benzene rings is 2. The standard InChI is InChI=1S/C22H24N2O3/c1-2-3-10-23-22(25)12-17(15-8-9-20-21(11-15)27-14-26-20)18-13-24-19-7-5-4-6-16(18)19/h4-9,11,13,17,24H,2-3,10,12,14H2,1H3,(H,23,25). The van der Waals surface area contributed by atoms with Gasteiger partial charge in [0.05, 0.1) is 0 Å². The van der Waals surface area contributed by atoms with Gasteiger partial charge in [0.1, 0.15) is 0 Å². The Bertz CT molecular complexity index is 948. The van der Waals surface area contributed by atoms with Crippen LogP contribution in [0.5, 0.6) is 11.5 Å². The zero-order valence-electron chi connectivity index (χ0n) is 15.5. The second-order valence-corrected chi connectivity index (χ2v) is 6.86. The second-order valence-electron chi connectivity index (χ2n) is 6.86. The molecule has 0 radical (unpaired) electrons. The fourth-order valence-corrected chi connectivity index (χ4v) is 3.58. The van der Waals surface area contributed by atoms with Crippen molar-refractivity contribution in [2.24, 2.45) is 0 Å². The van der Waals surface area contributed by atoms with E-state index >= 15 is 0 Å². The number of hydrogen-bond acceptors (Lipinski definition) is 3. The molecule has 0 bridgehead atoms. The van der Waals surface area contributed by atoms with Gasteiger partial charge in [-0.2, -0.15) is 0 Å². The number of aromatic amines is 1. The average molecular weight is 364 g/mol. The lowest BCUT2D eigenvalue weighted by Crippen LogP contribution is -2.26. The number of hydrogen-bond donors (Lipinski definition) is 2. The molecule has 1 atom stereocenters. The molecule has 2 N–H and O–H groups in total. The average Bonchev–Trinajstić information content (AvgIpc) is 3.32. The van der Waals surface area contributed by atoms with E-state index in [4.69, 9.17) is 9.47 Å². The lowest BCUT2D eigenvalue weighted by molar-refractivity contribution is -0.121. The van der Waals surface area contributed by atoms with E-state index in [1.807, 2.05) is 36.5 Å². The van der Waals surface area contributed by atoms with Crippen LogP contribution in [0.4, 0.5) is 0 Å².